The number of benzene rings is 3. The molecule has 3 aromatic rings. The van der Waals surface area contributed by atoms with Crippen LogP contribution in [0.4, 0.5) is 5.69 Å². The molecule has 0 aliphatic carbocycles. The molecule has 35 heavy (non-hydrogen) atoms. The Morgan fingerprint density at radius 2 is 1.40 bits per heavy atom. The number of likely N-dealkylation sites (tertiary alicyclic amines) is 1. The predicted octanol–water partition coefficient (Wildman–Crippen LogP) is 3.76. The number of para-hydroxylation sites is 1. The van der Waals surface area contributed by atoms with Crippen LogP contribution in [0.25, 0.3) is 0 Å². The minimum atomic E-state index is -0.935. The van der Waals surface area contributed by atoms with Crippen molar-refractivity contribution in [3.8, 4) is 17.2 Å². The molecule has 180 valence electrons. The van der Waals surface area contributed by atoms with Crippen molar-refractivity contribution >= 4 is 17.5 Å². The van der Waals surface area contributed by atoms with Gasteiger partial charge in [0.25, 0.3) is 5.91 Å². The maximum Gasteiger partial charge on any atom is 0.262 e. The van der Waals surface area contributed by atoms with Crippen molar-refractivity contribution in [2.75, 3.05) is 26.4 Å². The van der Waals surface area contributed by atoms with Crippen LogP contribution in [-0.2, 0) is 21.0 Å². The number of rotatable bonds is 7. The highest BCUT2D eigenvalue weighted by molar-refractivity contribution is 6.07. The van der Waals surface area contributed by atoms with Gasteiger partial charge in [-0.15, -0.1) is 0 Å². The number of hydrogen-bond donors (Lipinski definition) is 0. The second kappa shape index (κ2) is 9.31. The largest absolute Gasteiger partial charge is 0.493 e. The molecule has 0 N–H and O–H groups in total. The van der Waals surface area contributed by atoms with Crippen molar-refractivity contribution in [3.63, 3.8) is 0 Å². The summed E-state index contributed by atoms with van der Waals surface area (Å²) in [6.07, 6.45) is -0.935. The molecule has 2 aliphatic rings. The van der Waals surface area contributed by atoms with E-state index in [1.807, 2.05) is 60.7 Å². The fourth-order valence-corrected chi connectivity index (χ4v) is 4.80. The van der Waals surface area contributed by atoms with Crippen LogP contribution in [0.15, 0.2) is 72.8 Å². The quantitative estimate of drug-likeness (QED) is 0.483. The minimum absolute atomic E-state index is 0.197. The molecule has 0 spiro atoms. The maximum absolute atomic E-state index is 13.7. The lowest BCUT2D eigenvalue weighted by atomic mass is 9.90. The molecular formula is C27H26N2O6. The molecule has 2 aliphatic heterocycles. The Morgan fingerprint density at radius 3 is 1.97 bits per heavy atom. The predicted molar refractivity (Wildman–Crippen MR) is 128 cm³/mol. The SMILES string of the molecule is COc1cc([C@H]2[C@@H]3C(=O)N(Cc4ccccc4)C(=O)[C@H]3ON2c2ccccc2)cc(OC)c1OC. The van der Waals surface area contributed by atoms with Crippen LogP contribution in [0.3, 0.4) is 0 Å². The van der Waals surface area contributed by atoms with E-state index < -0.39 is 18.1 Å². The number of carbonyl (C=O) groups is 2. The summed E-state index contributed by atoms with van der Waals surface area (Å²) in [5.74, 6) is -0.0116. The van der Waals surface area contributed by atoms with E-state index in [-0.39, 0.29) is 18.4 Å². The Morgan fingerprint density at radius 1 is 0.800 bits per heavy atom. The molecule has 5 rings (SSSR count). The first kappa shape index (κ1) is 22.7. The van der Waals surface area contributed by atoms with E-state index in [9.17, 15) is 9.59 Å². The van der Waals surface area contributed by atoms with Gasteiger partial charge in [-0.2, -0.15) is 0 Å². The number of carbonyl (C=O) groups excluding carboxylic acids is 2. The van der Waals surface area contributed by atoms with Crippen LogP contribution >= 0.6 is 0 Å². The number of anilines is 1. The Labute approximate surface area is 203 Å². The zero-order valence-electron chi connectivity index (χ0n) is 19.7. The van der Waals surface area contributed by atoms with Crippen molar-refractivity contribution < 1.29 is 28.6 Å². The third-order valence-electron chi connectivity index (χ3n) is 6.43. The van der Waals surface area contributed by atoms with Crippen molar-refractivity contribution in [1.82, 2.24) is 4.90 Å². The van der Waals surface area contributed by atoms with Crippen molar-refractivity contribution in [1.29, 1.82) is 0 Å². The van der Waals surface area contributed by atoms with Gasteiger partial charge in [-0.25, -0.2) is 5.06 Å². The molecule has 0 bridgehead atoms. The van der Waals surface area contributed by atoms with E-state index in [0.717, 1.165) is 11.3 Å². The fraction of sp³-hybridized carbons (Fsp3) is 0.259. The number of ether oxygens (including phenoxy) is 3. The molecule has 8 heteroatoms. The smallest absolute Gasteiger partial charge is 0.262 e. The molecule has 8 nitrogen and oxygen atoms in total. The van der Waals surface area contributed by atoms with Gasteiger partial charge < -0.3 is 14.2 Å². The number of imide groups is 1. The fourth-order valence-electron chi connectivity index (χ4n) is 4.80. The average molecular weight is 475 g/mol. The molecule has 0 saturated carbocycles. The van der Waals surface area contributed by atoms with E-state index in [0.29, 0.717) is 22.8 Å². The zero-order valence-corrected chi connectivity index (χ0v) is 19.7. The summed E-state index contributed by atoms with van der Waals surface area (Å²) >= 11 is 0. The van der Waals surface area contributed by atoms with E-state index in [2.05, 4.69) is 0 Å². The van der Waals surface area contributed by atoms with E-state index >= 15 is 0 Å². The molecule has 2 fully saturated rings. The topological polar surface area (TPSA) is 77.5 Å². The summed E-state index contributed by atoms with van der Waals surface area (Å²) < 4.78 is 16.6. The Bertz CT molecular complexity index is 1210. The summed E-state index contributed by atoms with van der Waals surface area (Å²) in [5, 5.41) is 1.64. The highest BCUT2D eigenvalue weighted by Crippen LogP contribution is 2.50. The molecule has 2 saturated heterocycles. The highest BCUT2D eigenvalue weighted by atomic mass is 16.7. The monoisotopic (exact) mass is 474 g/mol. The van der Waals surface area contributed by atoms with Crippen molar-refractivity contribution in [3.05, 3.63) is 83.9 Å². The summed E-state index contributed by atoms with van der Waals surface area (Å²) in [6.45, 7) is 0.197. The Kier molecular flexibility index (Phi) is 6.05. The first-order valence-electron chi connectivity index (χ1n) is 11.3. The Balaban J connectivity index is 1.59. The molecule has 2 amide bonds. The molecule has 2 heterocycles. The van der Waals surface area contributed by atoms with Crippen LogP contribution in [0.2, 0.25) is 0 Å². The molecule has 3 aromatic carbocycles. The lowest BCUT2D eigenvalue weighted by molar-refractivity contribution is -0.143. The van der Waals surface area contributed by atoms with E-state index in [1.165, 1.54) is 26.2 Å². The molecule has 0 radical (unpaired) electrons. The highest BCUT2D eigenvalue weighted by Gasteiger charge is 2.60. The maximum atomic E-state index is 13.7. The normalized spacial score (nSPS) is 21.3. The summed E-state index contributed by atoms with van der Waals surface area (Å²) in [7, 11) is 4.61. The van der Waals surface area contributed by atoms with Gasteiger partial charge in [-0.1, -0.05) is 48.5 Å². The van der Waals surface area contributed by atoms with E-state index in [4.69, 9.17) is 19.0 Å². The second-order valence-electron chi connectivity index (χ2n) is 8.36. The lowest BCUT2D eigenvalue weighted by Crippen LogP contribution is -2.37. The number of methoxy groups -OCH3 is 3. The minimum Gasteiger partial charge on any atom is -0.493 e. The third kappa shape index (κ3) is 3.85. The second-order valence-corrected chi connectivity index (χ2v) is 8.36. The van der Waals surface area contributed by atoms with Gasteiger partial charge >= 0.3 is 0 Å². The van der Waals surface area contributed by atoms with Crippen LogP contribution < -0.4 is 19.3 Å². The number of hydroxylamine groups is 1. The van der Waals surface area contributed by atoms with Gasteiger partial charge in [0.05, 0.1) is 39.6 Å². The van der Waals surface area contributed by atoms with Crippen molar-refractivity contribution in [2.45, 2.75) is 18.7 Å². The van der Waals surface area contributed by atoms with Crippen molar-refractivity contribution in [2.24, 2.45) is 5.92 Å². The number of amides is 2. The summed E-state index contributed by atoms with van der Waals surface area (Å²) in [5.41, 5.74) is 2.31. The number of nitrogens with zero attached hydrogens (tertiary/aromatic N) is 2. The van der Waals surface area contributed by atoms with Gasteiger partial charge in [0.2, 0.25) is 11.7 Å². The number of hydrogen-bond acceptors (Lipinski definition) is 7. The average Bonchev–Trinajstić information content (AvgIpc) is 3.41. The third-order valence-corrected chi connectivity index (χ3v) is 6.43. The summed E-state index contributed by atoms with van der Waals surface area (Å²) in [6, 6.07) is 21.9. The van der Waals surface area contributed by atoms with E-state index in [1.54, 1.807) is 17.2 Å². The molecule has 0 unspecified atom stereocenters. The number of fused-ring (bicyclic) bond motifs is 1. The van der Waals surface area contributed by atoms with Crippen LogP contribution in [0.5, 0.6) is 17.2 Å². The molecular weight excluding hydrogens is 448 g/mol. The lowest BCUT2D eigenvalue weighted by Gasteiger charge is -2.29. The zero-order chi connectivity index (χ0) is 24.5. The molecule has 3 atom stereocenters. The van der Waals surface area contributed by atoms with Gasteiger partial charge in [-0.3, -0.25) is 19.3 Å². The first-order chi connectivity index (χ1) is 17.1. The van der Waals surface area contributed by atoms with Gasteiger partial charge in [-0.05, 0) is 35.4 Å². The van der Waals surface area contributed by atoms with Crippen LogP contribution in [0, 0.1) is 5.92 Å². The first-order valence-corrected chi connectivity index (χ1v) is 11.3. The standard InChI is InChI=1S/C27H26N2O6/c1-32-20-14-18(15-21(33-2)24(20)34-3)23-22-25(35-29(23)19-12-8-5-9-13-19)27(31)28(26(22)30)16-17-10-6-4-7-11-17/h4-15,22-23,25H,16H2,1-3H3/t22-,23-,25-/m0/s1. The van der Waals surface area contributed by atoms with Gasteiger partial charge in [0.1, 0.15) is 5.92 Å². The van der Waals surface area contributed by atoms with Crippen LogP contribution in [-0.4, -0.2) is 44.1 Å². The van der Waals surface area contributed by atoms with Gasteiger partial charge in [0.15, 0.2) is 17.6 Å². The summed E-state index contributed by atoms with van der Waals surface area (Å²) in [4.78, 5) is 34.6. The molecule has 0 aromatic heterocycles. The van der Waals surface area contributed by atoms with Gasteiger partial charge in [0, 0.05) is 0 Å². The van der Waals surface area contributed by atoms with Crippen LogP contribution in [0.1, 0.15) is 17.2 Å². The Hall–Kier alpha value is -4.04.